The second-order valence-corrected chi connectivity index (χ2v) is 8.51. The predicted molar refractivity (Wildman–Crippen MR) is 134 cm³/mol. The second-order valence-electron chi connectivity index (χ2n) is 7.70. The van der Waals surface area contributed by atoms with Gasteiger partial charge in [-0.1, -0.05) is 59.6 Å². The molecule has 0 bridgehead atoms. The number of nitriles is 1. The maximum absolute atomic E-state index is 13.5. The third-order valence-electron chi connectivity index (χ3n) is 5.35. The van der Waals surface area contributed by atoms with Crippen molar-refractivity contribution in [3.63, 3.8) is 0 Å². The number of aromatic amines is 1. The molecule has 5 aromatic rings. The first-order valence-electron chi connectivity index (χ1n) is 10.4. The number of fused-ring (bicyclic) bond motifs is 2. The topological polar surface area (TPSA) is 61.7 Å². The smallest absolute Gasteiger partial charge is 0.157 e. The fourth-order valence-corrected chi connectivity index (χ4v) is 4.33. The Balaban J connectivity index is 1.39. The summed E-state index contributed by atoms with van der Waals surface area (Å²) in [7, 11) is 0. The summed E-state index contributed by atoms with van der Waals surface area (Å²) >= 11 is 12.9. The van der Waals surface area contributed by atoms with Crippen molar-refractivity contribution in [3.05, 3.63) is 106 Å². The van der Waals surface area contributed by atoms with E-state index in [-0.39, 0.29) is 11.4 Å². The van der Waals surface area contributed by atoms with E-state index in [1.165, 1.54) is 12.1 Å². The van der Waals surface area contributed by atoms with E-state index in [0.29, 0.717) is 44.8 Å². The molecule has 1 N–H and O–H groups in total. The zero-order valence-corrected chi connectivity index (χ0v) is 19.2. The predicted octanol–water partition coefficient (Wildman–Crippen LogP) is 7.81. The first kappa shape index (κ1) is 22.0. The number of allylic oxidation sites excluding steroid dienone is 1. The number of benzene rings is 4. The summed E-state index contributed by atoms with van der Waals surface area (Å²) in [4.78, 5) is 7.33. The molecule has 0 radical (unpaired) electrons. The zero-order chi connectivity index (χ0) is 23.7. The Hall–Kier alpha value is -3.85. The average molecular weight is 488 g/mol. The third kappa shape index (κ3) is 4.47. The Morgan fingerprint density at radius 2 is 1.76 bits per heavy atom. The molecule has 1 aromatic heterocycles. The maximum Gasteiger partial charge on any atom is 0.157 e. The molecule has 166 valence electrons. The highest BCUT2D eigenvalue weighted by Crippen LogP contribution is 2.36. The van der Waals surface area contributed by atoms with Crippen LogP contribution in [0.4, 0.5) is 4.39 Å². The maximum atomic E-state index is 13.5. The van der Waals surface area contributed by atoms with Crippen LogP contribution in [0.15, 0.2) is 72.8 Å². The molecule has 0 spiro atoms. The minimum absolute atomic E-state index is 0.258. The van der Waals surface area contributed by atoms with E-state index >= 15 is 0 Å². The lowest BCUT2D eigenvalue weighted by Crippen LogP contribution is -1.97. The molecule has 0 saturated carbocycles. The Labute approximate surface area is 204 Å². The van der Waals surface area contributed by atoms with Crippen LogP contribution in [0.25, 0.3) is 33.5 Å². The Kier molecular flexibility index (Phi) is 5.93. The molecule has 0 atom stereocenters. The van der Waals surface area contributed by atoms with Crippen molar-refractivity contribution in [3.8, 4) is 11.8 Å². The van der Waals surface area contributed by atoms with Crippen LogP contribution in [0.1, 0.15) is 17.0 Å². The quantitative estimate of drug-likeness (QED) is 0.257. The fourth-order valence-electron chi connectivity index (χ4n) is 3.71. The van der Waals surface area contributed by atoms with E-state index in [0.717, 1.165) is 16.3 Å². The fraction of sp³-hybridized carbons (Fsp3) is 0.0370. The van der Waals surface area contributed by atoms with Crippen molar-refractivity contribution >= 4 is 56.7 Å². The summed E-state index contributed by atoms with van der Waals surface area (Å²) in [5.41, 5.74) is 2.92. The van der Waals surface area contributed by atoms with E-state index in [4.69, 9.17) is 27.9 Å². The number of nitrogens with one attached hydrogen (secondary N) is 1. The summed E-state index contributed by atoms with van der Waals surface area (Å²) in [5.74, 6) is 0.307. The molecule has 0 saturated heterocycles. The van der Waals surface area contributed by atoms with Gasteiger partial charge in [0.1, 0.15) is 24.3 Å². The van der Waals surface area contributed by atoms with Gasteiger partial charge in [-0.2, -0.15) is 5.26 Å². The SMILES string of the molecule is N#C/C(=C/c1cc(Cl)c(OCc2ccc3ccccc3c2)c(Cl)c1)c1nc2ccc(F)cc2[nH]1. The Morgan fingerprint density at radius 3 is 2.53 bits per heavy atom. The summed E-state index contributed by atoms with van der Waals surface area (Å²) in [6, 6.07) is 23.8. The molecule has 5 rings (SSSR count). The molecule has 0 fully saturated rings. The number of aromatic nitrogens is 2. The number of H-pyrrole nitrogens is 1. The van der Waals surface area contributed by atoms with Gasteiger partial charge in [0.05, 0.1) is 26.7 Å². The van der Waals surface area contributed by atoms with E-state index in [1.54, 1.807) is 24.3 Å². The third-order valence-corrected chi connectivity index (χ3v) is 5.91. The van der Waals surface area contributed by atoms with Crippen molar-refractivity contribution in [1.29, 1.82) is 5.26 Å². The molecule has 7 heteroatoms. The minimum atomic E-state index is -0.386. The van der Waals surface area contributed by atoms with Crippen LogP contribution in [-0.2, 0) is 6.61 Å². The molecule has 4 nitrogen and oxygen atoms in total. The van der Waals surface area contributed by atoms with E-state index in [9.17, 15) is 9.65 Å². The molecule has 4 aromatic carbocycles. The number of nitrogens with zero attached hydrogens (tertiary/aromatic N) is 2. The monoisotopic (exact) mass is 487 g/mol. The molecule has 0 aliphatic rings. The lowest BCUT2D eigenvalue weighted by atomic mass is 10.1. The number of hydrogen-bond acceptors (Lipinski definition) is 3. The van der Waals surface area contributed by atoms with Crippen molar-refractivity contribution < 1.29 is 9.13 Å². The summed E-state index contributed by atoms with van der Waals surface area (Å²) in [5, 5.41) is 12.6. The van der Waals surface area contributed by atoms with Gasteiger partial charge in [-0.3, -0.25) is 0 Å². The van der Waals surface area contributed by atoms with Gasteiger partial charge in [-0.25, -0.2) is 9.37 Å². The molecular formula is C27H16Cl2FN3O. The molecular weight excluding hydrogens is 472 g/mol. The summed E-state index contributed by atoms with van der Waals surface area (Å²) < 4.78 is 19.4. The van der Waals surface area contributed by atoms with Gasteiger partial charge in [-0.05, 0) is 64.4 Å². The normalized spacial score (nSPS) is 11.6. The minimum Gasteiger partial charge on any atom is -0.486 e. The largest absolute Gasteiger partial charge is 0.486 e. The van der Waals surface area contributed by atoms with Crippen LogP contribution in [0.5, 0.6) is 5.75 Å². The molecule has 0 aliphatic heterocycles. The van der Waals surface area contributed by atoms with Crippen LogP contribution in [0.3, 0.4) is 0 Å². The van der Waals surface area contributed by atoms with Gasteiger partial charge in [0.2, 0.25) is 0 Å². The van der Waals surface area contributed by atoms with Crippen LogP contribution in [0.2, 0.25) is 10.0 Å². The highest BCUT2D eigenvalue weighted by atomic mass is 35.5. The number of rotatable bonds is 5. The lowest BCUT2D eigenvalue weighted by molar-refractivity contribution is 0.307. The molecule has 1 heterocycles. The van der Waals surface area contributed by atoms with E-state index in [2.05, 4.69) is 28.2 Å². The van der Waals surface area contributed by atoms with Gasteiger partial charge in [-0.15, -0.1) is 0 Å². The zero-order valence-electron chi connectivity index (χ0n) is 17.6. The van der Waals surface area contributed by atoms with Crippen molar-refractivity contribution in [2.75, 3.05) is 0 Å². The lowest BCUT2D eigenvalue weighted by Gasteiger charge is -2.12. The van der Waals surface area contributed by atoms with Crippen LogP contribution >= 0.6 is 23.2 Å². The first-order valence-corrected chi connectivity index (χ1v) is 11.1. The molecule has 34 heavy (non-hydrogen) atoms. The molecule has 0 amide bonds. The van der Waals surface area contributed by atoms with Gasteiger partial charge < -0.3 is 9.72 Å². The number of halogens is 3. The van der Waals surface area contributed by atoms with Crippen LogP contribution in [-0.4, -0.2) is 9.97 Å². The molecule has 0 aliphatic carbocycles. The number of ether oxygens (including phenoxy) is 1. The van der Waals surface area contributed by atoms with E-state index < -0.39 is 0 Å². The summed E-state index contributed by atoms with van der Waals surface area (Å²) in [6.45, 7) is 0.304. The second kappa shape index (κ2) is 9.18. The highest BCUT2D eigenvalue weighted by Gasteiger charge is 2.13. The molecule has 0 unspecified atom stereocenters. The highest BCUT2D eigenvalue weighted by molar-refractivity contribution is 6.37. The Morgan fingerprint density at radius 1 is 1.00 bits per heavy atom. The van der Waals surface area contributed by atoms with Gasteiger partial charge in [0.25, 0.3) is 0 Å². The average Bonchev–Trinajstić information content (AvgIpc) is 3.25. The number of imidazole rings is 1. The summed E-state index contributed by atoms with van der Waals surface area (Å²) in [6.07, 6.45) is 1.61. The standard InChI is InChI=1S/C27H16Cl2FN3O/c28-22-11-17(10-20(14-31)27-32-24-8-7-21(30)13-25(24)33-27)12-23(29)26(22)34-15-16-5-6-18-3-1-2-4-19(18)9-16/h1-13H,15H2,(H,32,33)/b20-10-. The van der Waals surface area contributed by atoms with Gasteiger partial charge in [0.15, 0.2) is 5.75 Å². The van der Waals surface area contributed by atoms with Crippen molar-refractivity contribution in [2.24, 2.45) is 0 Å². The van der Waals surface area contributed by atoms with E-state index in [1.807, 2.05) is 30.3 Å². The Bertz CT molecular complexity index is 1590. The van der Waals surface area contributed by atoms with Crippen LogP contribution in [0, 0.1) is 17.1 Å². The van der Waals surface area contributed by atoms with Crippen molar-refractivity contribution in [2.45, 2.75) is 6.61 Å². The van der Waals surface area contributed by atoms with Gasteiger partial charge in [0, 0.05) is 0 Å². The van der Waals surface area contributed by atoms with Crippen molar-refractivity contribution in [1.82, 2.24) is 9.97 Å². The first-order chi connectivity index (χ1) is 16.5. The number of hydrogen-bond donors (Lipinski definition) is 1. The van der Waals surface area contributed by atoms with Crippen LogP contribution < -0.4 is 4.74 Å². The van der Waals surface area contributed by atoms with Gasteiger partial charge >= 0.3 is 0 Å².